The van der Waals surface area contributed by atoms with Gasteiger partial charge in [0.2, 0.25) is 0 Å². The van der Waals surface area contributed by atoms with Crippen molar-refractivity contribution in [3.8, 4) is 0 Å². The number of benzene rings is 1. The van der Waals surface area contributed by atoms with Crippen LogP contribution in [0, 0.1) is 17.6 Å². The first-order valence-corrected chi connectivity index (χ1v) is 5.96. The topological polar surface area (TPSA) is 29.3 Å². The Balaban J connectivity index is 1.97. The number of likely N-dealkylation sites (N-methyl/N-ethyl adjacent to an activating group) is 1. The zero-order chi connectivity index (χ0) is 12.4. The molecule has 0 amide bonds. The first kappa shape index (κ1) is 12.5. The van der Waals surface area contributed by atoms with E-state index < -0.39 is 17.7 Å². The van der Waals surface area contributed by atoms with Gasteiger partial charge in [0.05, 0.1) is 0 Å². The molecule has 2 nitrogen and oxygen atoms in total. The zero-order valence-electron chi connectivity index (χ0n) is 10.00. The summed E-state index contributed by atoms with van der Waals surface area (Å²) in [6.45, 7) is 1.54. The SMILES string of the molecule is CN(CC1CC1)CC(N)c1cccc(F)c1F. The van der Waals surface area contributed by atoms with E-state index in [0.717, 1.165) is 18.5 Å². The van der Waals surface area contributed by atoms with Crippen molar-refractivity contribution in [2.24, 2.45) is 11.7 Å². The van der Waals surface area contributed by atoms with Crippen LogP contribution in [0.4, 0.5) is 8.78 Å². The van der Waals surface area contributed by atoms with Gasteiger partial charge in [-0.25, -0.2) is 8.78 Å². The Labute approximate surface area is 100 Å². The Morgan fingerprint density at radius 1 is 1.41 bits per heavy atom. The van der Waals surface area contributed by atoms with Crippen LogP contribution in [0.5, 0.6) is 0 Å². The predicted molar refractivity (Wildman–Crippen MR) is 63.5 cm³/mol. The van der Waals surface area contributed by atoms with E-state index in [-0.39, 0.29) is 5.56 Å². The van der Waals surface area contributed by atoms with Gasteiger partial charge in [0.25, 0.3) is 0 Å². The third-order valence-electron chi connectivity index (χ3n) is 3.16. The molecule has 1 fully saturated rings. The van der Waals surface area contributed by atoms with E-state index in [2.05, 4.69) is 4.90 Å². The zero-order valence-corrected chi connectivity index (χ0v) is 10.00. The second-order valence-electron chi connectivity index (χ2n) is 4.91. The minimum atomic E-state index is -0.831. The predicted octanol–water partition coefficient (Wildman–Crippen LogP) is 2.31. The van der Waals surface area contributed by atoms with Crippen LogP contribution in [-0.4, -0.2) is 25.0 Å². The molecule has 1 atom stereocenters. The second-order valence-corrected chi connectivity index (χ2v) is 4.91. The summed E-state index contributed by atoms with van der Waals surface area (Å²) in [6, 6.07) is 3.68. The van der Waals surface area contributed by atoms with Crippen molar-refractivity contribution < 1.29 is 8.78 Å². The summed E-state index contributed by atoms with van der Waals surface area (Å²) in [5.41, 5.74) is 6.17. The molecular weight excluding hydrogens is 222 g/mol. The highest BCUT2D eigenvalue weighted by molar-refractivity contribution is 5.22. The lowest BCUT2D eigenvalue weighted by molar-refractivity contribution is 0.297. The minimum absolute atomic E-state index is 0.257. The normalized spacial score (nSPS) is 17.5. The van der Waals surface area contributed by atoms with E-state index in [1.807, 2.05) is 7.05 Å². The molecule has 94 valence electrons. The number of hydrogen-bond acceptors (Lipinski definition) is 2. The number of nitrogens with two attached hydrogens (primary N) is 1. The lowest BCUT2D eigenvalue weighted by Crippen LogP contribution is -2.31. The summed E-state index contributed by atoms with van der Waals surface area (Å²) in [5, 5.41) is 0. The molecule has 2 rings (SSSR count). The molecule has 0 spiro atoms. The van der Waals surface area contributed by atoms with Crippen LogP contribution in [0.2, 0.25) is 0 Å². The Morgan fingerprint density at radius 3 is 2.76 bits per heavy atom. The van der Waals surface area contributed by atoms with Crippen molar-refractivity contribution in [2.45, 2.75) is 18.9 Å². The Morgan fingerprint density at radius 2 is 2.12 bits per heavy atom. The van der Waals surface area contributed by atoms with Gasteiger partial charge in [-0.15, -0.1) is 0 Å². The molecule has 4 heteroatoms. The van der Waals surface area contributed by atoms with Crippen LogP contribution in [-0.2, 0) is 0 Å². The van der Waals surface area contributed by atoms with Crippen molar-refractivity contribution in [3.63, 3.8) is 0 Å². The van der Waals surface area contributed by atoms with Crippen LogP contribution in [0.1, 0.15) is 24.4 Å². The molecule has 0 bridgehead atoms. The van der Waals surface area contributed by atoms with Crippen LogP contribution >= 0.6 is 0 Å². The largest absolute Gasteiger partial charge is 0.323 e. The van der Waals surface area contributed by atoms with E-state index >= 15 is 0 Å². The summed E-state index contributed by atoms with van der Waals surface area (Å²) >= 11 is 0. The van der Waals surface area contributed by atoms with Crippen molar-refractivity contribution in [2.75, 3.05) is 20.1 Å². The van der Waals surface area contributed by atoms with Crippen molar-refractivity contribution >= 4 is 0 Å². The number of halogens is 2. The van der Waals surface area contributed by atoms with E-state index in [9.17, 15) is 8.78 Å². The average molecular weight is 240 g/mol. The number of nitrogens with zero attached hydrogens (tertiary/aromatic N) is 1. The van der Waals surface area contributed by atoms with Crippen molar-refractivity contribution in [3.05, 3.63) is 35.4 Å². The molecule has 0 saturated heterocycles. The number of hydrogen-bond donors (Lipinski definition) is 1. The van der Waals surface area contributed by atoms with Crippen molar-refractivity contribution in [1.82, 2.24) is 4.90 Å². The molecule has 1 unspecified atom stereocenters. The van der Waals surface area contributed by atoms with Crippen LogP contribution in [0.15, 0.2) is 18.2 Å². The van der Waals surface area contributed by atoms with E-state index in [4.69, 9.17) is 5.73 Å². The molecule has 1 aliphatic carbocycles. The van der Waals surface area contributed by atoms with Crippen LogP contribution in [0.25, 0.3) is 0 Å². The Hall–Kier alpha value is -1.00. The molecule has 2 N–H and O–H groups in total. The Kier molecular flexibility index (Phi) is 3.74. The smallest absolute Gasteiger partial charge is 0.163 e. The van der Waals surface area contributed by atoms with Gasteiger partial charge in [0.1, 0.15) is 0 Å². The van der Waals surface area contributed by atoms with Gasteiger partial charge in [-0.2, -0.15) is 0 Å². The molecule has 1 saturated carbocycles. The molecule has 0 aromatic heterocycles. The third-order valence-corrected chi connectivity index (χ3v) is 3.16. The fourth-order valence-corrected chi connectivity index (χ4v) is 2.06. The van der Waals surface area contributed by atoms with E-state index in [1.165, 1.54) is 18.9 Å². The van der Waals surface area contributed by atoms with E-state index in [1.54, 1.807) is 6.07 Å². The third kappa shape index (κ3) is 3.23. The fraction of sp³-hybridized carbons (Fsp3) is 0.538. The molecule has 0 heterocycles. The summed E-state index contributed by atoms with van der Waals surface area (Å²) in [6.07, 6.45) is 2.54. The highest BCUT2D eigenvalue weighted by Crippen LogP contribution is 2.29. The number of rotatable bonds is 5. The summed E-state index contributed by atoms with van der Waals surface area (Å²) in [5.74, 6) is -0.882. The maximum atomic E-state index is 13.5. The Bertz CT molecular complexity index is 391. The summed E-state index contributed by atoms with van der Waals surface area (Å²) < 4.78 is 26.6. The summed E-state index contributed by atoms with van der Waals surface area (Å²) in [4.78, 5) is 2.09. The van der Waals surface area contributed by atoms with Gasteiger partial charge in [0, 0.05) is 24.7 Å². The quantitative estimate of drug-likeness (QED) is 0.855. The molecule has 0 radical (unpaired) electrons. The second kappa shape index (κ2) is 5.10. The molecule has 1 aromatic carbocycles. The fourth-order valence-electron chi connectivity index (χ4n) is 2.06. The highest BCUT2D eigenvalue weighted by Gasteiger charge is 2.24. The molecule has 0 aliphatic heterocycles. The molecule has 17 heavy (non-hydrogen) atoms. The standard InChI is InChI=1S/C13H18F2N2/c1-17(7-9-5-6-9)8-12(16)10-3-2-4-11(14)13(10)15/h2-4,9,12H,5-8,16H2,1H3. The van der Waals surface area contributed by atoms with Crippen LogP contribution < -0.4 is 5.73 Å². The molecule has 1 aliphatic rings. The lowest BCUT2D eigenvalue weighted by Gasteiger charge is -2.21. The average Bonchev–Trinajstić information content (AvgIpc) is 3.05. The van der Waals surface area contributed by atoms with Gasteiger partial charge < -0.3 is 10.6 Å². The van der Waals surface area contributed by atoms with Crippen LogP contribution in [0.3, 0.4) is 0 Å². The van der Waals surface area contributed by atoms with Gasteiger partial charge in [0.15, 0.2) is 11.6 Å². The van der Waals surface area contributed by atoms with Crippen molar-refractivity contribution in [1.29, 1.82) is 0 Å². The maximum Gasteiger partial charge on any atom is 0.163 e. The van der Waals surface area contributed by atoms with Gasteiger partial charge in [-0.1, -0.05) is 12.1 Å². The minimum Gasteiger partial charge on any atom is -0.323 e. The van der Waals surface area contributed by atoms with Gasteiger partial charge in [-0.3, -0.25) is 0 Å². The van der Waals surface area contributed by atoms with Gasteiger partial charge in [-0.05, 0) is 31.9 Å². The highest BCUT2D eigenvalue weighted by atomic mass is 19.2. The first-order valence-electron chi connectivity index (χ1n) is 5.96. The molecular formula is C13H18F2N2. The molecule has 1 aromatic rings. The lowest BCUT2D eigenvalue weighted by atomic mass is 10.1. The monoisotopic (exact) mass is 240 g/mol. The van der Waals surface area contributed by atoms with E-state index in [0.29, 0.717) is 6.54 Å². The van der Waals surface area contributed by atoms with Gasteiger partial charge >= 0.3 is 0 Å². The summed E-state index contributed by atoms with van der Waals surface area (Å²) in [7, 11) is 1.97. The first-order chi connectivity index (χ1) is 8.08. The maximum absolute atomic E-state index is 13.5.